The zero-order valence-electron chi connectivity index (χ0n) is 6.83. The lowest BCUT2D eigenvalue weighted by molar-refractivity contribution is -0.0430. The molecule has 1 aromatic rings. The zero-order valence-corrected chi connectivity index (χ0v) is 6.83. The molecule has 64 valence electrons. The SMILES string of the molecule is OC(O)c1cccc2c1CCC2. The third-order valence-corrected chi connectivity index (χ3v) is 2.46. The van der Waals surface area contributed by atoms with Crippen LogP contribution in [0.4, 0.5) is 0 Å². The molecule has 2 N–H and O–H groups in total. The Bertz CT molecular complexity index is 292. The van der Waals surface area contributed by atoms with Crippen LogP contribution >= 0.6 is 0 Å². The number of rotatable bonds is 1. The summed E-state index contributed by atoms with van der Waals surface area (Å²) in [7, 11) is 0. The van der Waals surface area contributed by atoms with Crippen molar-refractivity contribution in [3.8, 4) is 0 Å². The number of aliphatic hydroxyl groups excluding tert-OH is 1. The lowest BCUT2D eigenvalue weighted by atomic mass is 10.0. The first-order valence-corrected chi connectivity index (χ1v) is 4.26. The van der Waals surface area contributed by atoms with Gasteiger partial charge in [-0.15, -0.1) is 0 Å². The van der Waals surface area contributed by atoms with E-state index in [0.29, 0.717) is 5.56 Å². The standard InChI is InChI=1S/C10H12O2/c11-10(12)9-6-2-4-7-3-1-5-8(7)9/h2,4,6,10-12H,1,3,5H2. The van der Waals surface area contributed by atoms with Crippen LogP contribution in [0.15, 0.2) is 18.2 Å². The van der Waals surface area contributed by atoms with Crippen LogP contribution in [-0.2, 0) is 12.8 Å². The van der Waals surface area contributed by atoms with E-state index in [0.717, 1.165) is 24.8 Å². The van der Waals surface area contributed by atoms with E-state index in [1.165, 1.54) is 5.56 Å². The van der Waals surface area contributed by atoms with Gasteiger partial charge in [-0.1, -0.05) is 18.2 Å². The average Bonchev–Trinajstić information content (AvgIpc) is 2.49. The van der Waals surface area contributed by atoms with Crippen molar-refractivity contribution in [3.63, 3.8) is 0 Å². The first-order valence-electron chi connectivity index (χ1n) is 4.26. The Hall–Kier alpha value is -0.860. The summed E-state index contributed by atoms with van der Waals surface area (Å²) in [6.45, 7) is 0. The predicted molar refractivity (Wildman–Crippen MR) is 45.6 cm³/mol. The maximum absolute atomic E-state index is 9.04. The molecule has 2 heteroatoms. The molecule has 0 amide bonds. The van der Waals surface area contributed by atoms with Gasteiger partial charge >= 0.3 is 0 Å². The highest BCUT2D eigenvalue weighted by Crippen LogP contribution is 2.27. The molecule has 0 aliphatic heterocycles. The Balaban J connectivity index is 2.49. The van der Waals surface area contributed by atoms with E-state index in [4.69, 9.17) is 10.2 Å². The molecule has 0 spiro atoms. The van der Waals surface area contributed by atoms with Gasteiger partial charge < -0.3 is 10.2 Å². The molecule has 0 aromatic heterocycles. The van der Waals surface area contributed by atoms with Crippen molar-refractivity contribution in [1.82, 2.24) is 0 Å². The molecule has 0 fully saturated rings. The summed E-state index contributed by atoms with van der Waals surface area (Å²) in [6, 6.07) is 5.74. The summed E-state index contributed by atoms with van der Waals surface area (Å²) in [4.78, 5) is 0. The van der Waals surface area contributed by atoms with Gasteiger partial charge in [-0.05, 0) is 30.4 Å². The summed E-state index contributed by atoms with van der Waals surface area (Å²) >= 11 is 0. The molecule has 0 saturated heterocycles. The van der Waals surface area contributed by atoms with Crippen LogP contribution in [0.5, 0.6) is 0 Å². The number of aliphatic hydroxyl groups is 2. The maximum Gasteiger partial charge on any atom is 0.178 e. The number of benzene rings is 1. The Morgan fingerprint density at radius 3 is 2.75 bits per heavy atom. The Labute approximate surface area is 71.5 Å². The maximum atomic E-state index is 9.04. The number of hydrogen-bond acceptors (Lipinski definition) is 2. The van der Waals surface area contributed by atoms with Gasteiger partial charge in [0.15, 0.2) is 6.29 Å². The molecule has 2 rings (SSSR count). The fourth-order valence-electron chi connectivity index (χ4n) is 1.89. The molecule has 0 unspecified atom stereocenters. The van der Waals surface area contributed by atoms with Gasteiger partial charge in [-0.2, -0.15) is 0 Å². The van der Waals surface area contributed by atoms with Crippen LogP contribution in [0.25, 0.3) is 0 Å². The van der Waals surface area contributed by atoms with Crippen molar-refractivity contribution in [3.05, 3.63) is 34.9 Å². The normalized spacial score (nSPS) is 15.2. The number of hydrogen-bond donors (Lipinski definition) is 2. The van der Waals surface area contributed by atoms with Gasteiger partial charge in [-0.3, -0.25) is 0 Å². The highest BCUT2D eigenvalue weighted by atomic mass is 16.5. The first-order chi connectivity index (χ1) is 5.79. The Kier molecular flexibility index (Phi) is 1.87. The second-order valence-corrected chi connectivity index (χ2v) is 3.21. The largest absolute Gasteiger partial charge is 0.364 e. The van der Waals surface area contributed by atoms with Gasteiger partial charge in [0.05, 0.1) is 0 Å². The molecule has 0 atom stereocenters. The fourth-order valence-corrected chi connectivity index (χ4v) is 1.89. The number of aryl methyl sites for hydroxylation is 1. The topological polar surface area (TPSA) is 40.5 Å². The second-order valence-electron chi connectivity index (χ2n) is 3.21. The predicted octanol–water partition coefficient (Wildman–Crippen LogP) is 1.16. The van der Waals surface area contributed by atoms with Gasteiger partial charge in [0.1, 0.15) is 0 Å². The summed E-state index contributed by atoms with van der Waals surface area (Å²) in [6.07, 6.45) is 1.90. The molecule has 1 aliphatic rings. The van der Waals surface area contributed by atoms with Crippen LogP contribution in [0.1, 0.15) is 29.4 Å². The van der Waals surface area contributed by atoms with Crippen molar-refractivity contribution >= 4 is 0 Å². The number of fused-ring (bicyclic) bond motifs is 1. The van der Waals surface area contributed by atoms with Crippen molar-refractivity contribution in [2.75, 3.05) is 0 Å². The minimum Gasteiger partial charge on any atom is -0.364 e. The molecule has 12 heavy (non-hydrogen) atoms. The van der Waals surface area contributed by atoms with Crippen LogP contribution in [-0.4, -0.2) is 10.2 Å². The van der Waals surface area contributed by atoms with Crippen molar-refractivity contribution in [2.24, 2.45) is 0 Å². The smallest absolute Gasteiger partial charge is 0.178 e. The fraction of sp³-hybridized carbons (Fsp3) is 0.400. The summed E-state index contributed by atoms with van der Waals surface area (Å²) in [5, 5.41) is 18.1. The van der Waals surface area contributed by atoms with E-state index in [2.05, 4.69) is 6.07 Å². The molecule has 2 nitrogen and oxygen atoms in total. The quantitative estimate of drug-likeness (QED) is 0.611. The molecular formula is C10H12O2. The molecule has 1 aromatic carbocycles. The van der Waals surface area contributed by atoms with E-state index < -0.39 is 6.29 Å². The van der Waals surface area contributed by atoms with E-state index >= 15 is 0 Å². The van der Waals surface area contributed by atoms with Crippen LogP contribution in [0.3, 0.4) is 0 Å². The lowest BCUT2D eigenvalue weighted by Crippen LogP contribution is -1.99. The summed E-state index contributed by atoms with van der Waals surface area (Å²) in [5.41, 5.74) is 3.11. The molecular weight excluding hydrogens is 152 g/mol. The van der Waals surface area contributed by atoms with Gasteiger partial charge in [-0.25, -0.2) is 0 Å². The minimum atomic E-state index is -1.31. The van der Waals surface area contributed by atoms with E-state index in [-0.39, 0.29) is 0 Å². The Morgan fingerprint density at radius 2 is 2.00 bits per heavy atom. The van der Waals surface area contributed by atoms with Gasteiger partial charge in [0.25, 0.3) is 0 Å². The third-order valence-electron chi connectivity index (χ3n) is 2.46. The second kappa shape index (κ2) is 2.88. The summed E-state index contributed by atoms with van der Waals surface area (Å²) < 4.78 is 0. The van der Waals surface area contributed by atoms with Crippen molar-refractivity contribution in [2.45, 2.75) is 25.6 Å². The van der Waals surface area contributed by atoms with Crippen LogP contribution in [0, 0.1) is 0 Å². The van der Waals surface area contributed by atoms with Gasteiger partial charge in [0.2, 0.25) is 0 Å². The molecule has 1 aliphatic carbocycles. The minimum absolute atomic E-state index is 0.685. The Morgan fingerprint density at radius 1 is 1.17 bits per heavy atom. The monoisotopic (exact) mass is 164 g/mol. The van der Waals surface area contributed by atoms with Crippen molar-refractivity contribution in [1.29, 1.82) is 0 Å². The van der Waals surface area contributed by atoms with Crippen LogP contribution < -0.4 is 0 Å². The average molecular weight is 164 g/mol. The van der Waals surface area contributed by atoms with E-state index in [1.54, 1.807) is 6.07 Å². The van der Waals surface area contributed by atoms with E-state index in [1.807, 2.05) is 6.07 Å². The lowest BCUT2D eigenvalue weighted by Gasteiger charge is -2.09. The third kappa shape index (κ3) is 1.13. The molecule has 0 radical (unpaired) electrons. The molecule has 0 saturated carbocycles. The van der Waals surface area contributed by atoms with Gasteiger partial charge in [0, 0.05) is 5.56 Å². The molecule has 0 bridgehead atoms. The van der Waals surface area contributed by atoms with E-state index in [9.17, 15) is 0 Å². The zero-order chi connectivity index (χ0) is 8.55. The summed E-state index contributed by atoms with van der Waals surface area (Å²) in [5.74, 6) is 0. The van der Waals surface area contributed by atoms with Crippen LogP contribution in [0.2, 0.25) is 0 Å². The molecule has 0 heterocycles. The first kappa shape index (κ1) is 7.77. The van der Waals surface area contributed by atoms with Crippen molar-refractivity contribution < 1.29 is 10.2 Å². The highest BCUT2D eigenvalue weighted by molar-refractivity contribution is 5.38. The highest BCUT2D eigenvalue weighted by Gasteiger charge is 2.16.